The molecule has 0 bridgehead atoms. The number of nitrogens with zero attached hydrogens (tertiary/aromatic N) is 1. The molecule has 0 spiro atoms. The van der Waals surface area contributed by atoms with Crippen molar-refractivity contribution in [2.45, 2.75) is 39.2 Å². The van der Waals surface area contributed by atoms with Gasteiger partial charge in [-0.25, -0.2) is 0 Å². The zero-order valence-corrected chi connectivity index (χ0v) is 11.6. The van der Waals surface area contributed by atoms with Gasteiger partial charge >= 0.3 is 11.9 Å². The molecule has 0 fully saturated rings. The lowest BCUT2D eigenvalue weighted by Crippen LogP contribution is -2.47. The van der Waals surface area contributed by atoms with Gasteiger partial charge in [0, 0.05) is 12.6 Å². The van der Waals surface area contributed by atoms with Gasteiger partial charge in [0.15, 0.2) is 0 Å². The Morgan fingerprint density at radius 3 is 2.17 bits per heavy atom. The molecule has 18 heavy (non-hydrogen) atoms. The summed E-state index contributed by atoms with van der Waals surface area (Å²) >= 11 is 0. The first-order valence-corrected chi connectivity index (χ1v) is 5.73. The number of hydrogen-bond donors (Lipinski definition) is 0. The van der Waals surface area contributed by atoms with Gasteiger partial charge in [-0.3, -0.25) is 14.4 Å². The molecule has 0 aliphatic rings. The first kappa shape index (κ1) is 16.4. The topological polar surface area (TPSA) is 72.9 Å². The third-order valence-corrected chi connectivity index (χ3v) is 2.69. The Kier molecular flexibility index (Phi) is 6.36. The van der Waals surface area contributed by atoms with Gasteiger partial charge in [-0.15, -0.1) is 0 Å². The van der Waals surface area contributed by atoms with E-state index < -0.39 is 17.5 Å². The fourth-order valence-electron chi connectivity index (χ4n) is 1.34. The lowest BCUT2D eigenvalue weighted by Gasteiger charge is -2.34. The highest BCUT2D eigenvalue weighted by Crippen LogP contribution is 2.18. The Morgan fingerprint density at radius 2 is 1.72 bits per heavy atom. The molecule has 6 nitrogen and oxygen atoms in total. The molecule has 6 heteroatoms. The summed E-state index contributed by atoms with van der Waals surface area (Å²) in [6, 6.07) is 0. The number of carbonyl (C=O) groups excluding carboxylic acids is 3. The molecule has 0 saturated carbocycles. The number of ether oxygens (including phenoxy) is 2. The summed E-state index contributed by atoms with van der Waals surface area (Å²) in [4.78, 5) is 35.6. The van der Waals surface area contributed by atoms with Crippen LogP contribution in [0.5, 0.6) is 0 Å². The van der Waals surface area contributed by atoms with Crippen molar-refractivity contribution < 1.29 is 23.9 Å². The van der Waals surface area contributed by atoms with Crippen LogP contribution in [-0.4, -0.2) is 49.0 Å². The maximum atomic E-state index is 11.8. The Bertz CT molecular complexity index is 324. The quantitative estimate of drug-likeness (QED) is 0.519. The van der Waals surface area contributed by atoms with E-state index in [4.69, 9.17) is 4.74 Å². The van der Waals surface area contributed by atoms with Crippen LogP contribution in [0.4, 0.5) is 0 Å². The van der Waals surface area contributed by atoms with Crippen molar-refractivity contribution in [1.29, 1.82) is 0 Å². The van der Waals surface area contributed by atoms with E-state index in [0.29, 0.717) is 0 Å². The molecular weight excluding hydrogens is 238 g/mol. The van der Waals surface area contributed by atoms with Crippen molar-refractivity contribution in [3.63, 3.8) is 0 Å². The number of esters is 2. The summed E-state index contributed by atoms with van der Waals surface area (Å²) in [7, 11) is 2.84. The van der Waals surface area contributed by atoms with E-state index in [-0.39, 0.29) is 25.4 Å². The Labute approximate surface area is 107 Å². The van der Waals surface area contributed by atoms with Crippen molar-refractivity contribution in [2.24, 2.45) is 0 Å². The van der Waals surface area contributed by atoms with Crippen LogP contribution in [0.15, 0.2) is 0 Å². The van der Waals surface area contributed by atoms with Gasteiger partial charge < -0.3 is 14.4 Å². The Morgan fingerprint density at radius 1 is 1.17 bits per heavy atom. The van der Waals surface area contributed by atoms with E-state index in [0.717, 1.165) is 0 Å². The number of carbonyl (C=O) groups is 3. The molecule has 0 radical (unpaired) electrons. The molecule has 0 aromatic heterocycles. The standard InChI is InChI=1S/C12H21NO5/c1-6-18-10(15)7-9(14)13(4)12(2,3)8-11(16)17-5/h6-8H2,1-5H3. The predicted octanol–water partition coefficient (Wildman–Crippen LogP) is 0.740. The molecule has 0 rings (SSSR count). The van der Waals surface area contributed by atoms with Crippen LogP contribution in [0, 0.1) is 0 Å². The van der Waals surface area contributed by atoms with Crippen molar-refractivity contribution in [3.05, 3.63) is 0 Å². The highest BCUT2D eigenvalue weighted by molar-refractivity contribution is 5.94. The normalized spacial score (nSPS) is 10.7. The predicted molar refractivity (Wildman–Crippen MR) is 64.7 cm³/mol. The van der Waals surface area contributed by atoms with Gasteiger partial charge in [0.2, 0.25) is 5.91 Å². The molecule has 0 saturated heterocycles. The van der Waals surface area contributed by atoms with E-state index in [1.807, 2.05) is 0 Å². The summed E-state index contributed by atoms with van der Waals surface area (Å²) in [5.41, 5.74) is -0.712. The number of amides is 1. The van der Waals surface area contributed by atoms with E-state index in [1.54, 1.807) is 27.8 Å². The van der Waals surface area contributed by atoms with Crippen LogP contribution in [0.25, 0.3) is 0 Å². The van der Waals surface area contributed by atoms with E-state index in [2.05, 4.69) is 4.74 Å². The largest absolute Gasteiger partial charge is 0.469 e. The summed E-state index contributed by atoms with van der Waals surface area (Å²) in [5.74, 6) is -1.36. The number of rotatable bonds is 6. The average molecular weight is 259 g/mol. The average Bonchev–Trinajstić information content (AvgIpc) is 2.27. The molecule has 0 heterocycles. The van der Waals surface area contributed by atoms with Gasteiger partial charge in [0.25, 0.3) is 0 Å². The Hall–Kier alpha value is -1.59. The van der Waals surface area contributed by atoms with Crippen LogP contribution in [0.1, 0.15) is 33.6 Å². The molecule has 104 valence electrons. The van der Waals surface area contributed by atoms with Gasteiger partial charge in [0.05, 0.1) is 20.1 Å². The van der Waals surface area contributed by atoms with Crippen molar-refractivity contribution in [1.82, 2.24) is 4.90 Å². The molecule has 0 aromatic rings. The second kappa shape index (κ2) is 6.98. The van der Waals surface area contributed by atoms with Crippen molar-refractivity contribution in [2.75, 3.05) is 20.8 Å². The highest BCUT2D eigenvalue weighted by atomic mass is 16.5. The van der Waals surface area contributed by atoms with Crippen LogP contribution < -0.4 is 0 Å². The second-order valence-corrected chi connectivity index (χ2v) is 4.50. The molecular formula is C12H21NO5. The third-order valence-electron chi connectivity index (χ3n) is 2.69. The zero-order chi connectivity index (χ0) is 14.3. The number of methoxy groups -OCH3 is 1. The van der Waals surface area contributed by atoms with Crippen LogP contribution in [0.2, 0.25) is 0 Å². The summed E-state index contributed by atoms with van der Waals surface area (Å²) in [5, 5.41) is 0. The van der Waals surface area contributed by atoms with E-state index in [9.17, 15) is 14.4 Å². The summed E-state index contributed by atoms with van der Waals surface area (Å²) < 4.78 is 9.27. The minimum Gasteiger partial charge on any atom is -0.469 e. The minimum atomic E-state index is -0.712. The minimum absolute atomic E-state index is 0.0641. The fraction of sp³-hybridized carbons (Fsp3) is 0.750. The van der Waals surface area contributed by atoms with Crippen molar-refractivity contribution in [3.8, 4) is 0 Å². The van der Waals surface area contributed by atoms with E-state index in [1.165, 1.54) is 12.0 Å². The summed E-state index contributed by atoms with van der Waals surface area (Å²) in [6.45, 7) is 5.37. The SMILES string of the molecule is CCOC(=O)CC(=O)N(C)C(C)(C)CC(=O)OC. The van der Waals surface area contributed by atoms with Gasteiger partial charge in [0.1, 0.15) is 6.42 Å². The van der Waals surface area contributed by atoms with E-state index >= 15 is 0 Å². The molecule has 0 N–H and O–H groups in total. The molecule has 0 aromatic carbocycles. The smallest absolute Gasteiger partial charge is 0.315 e. The third kappa shape index (κ3) is 5.16. The highest BCUT2D eigenvalue weighted by Gasteiger charge is 2.31. The monoisotopic (exact) mass is 259 g/mol. The first-order chi connectivity index (χ1) is 8.24. The number of hydrogen-bond acceptors (Lipinski definition) is 5. The van der Waals surface area contributed by atoms with Gasteiger partial charge in [-0.2, -0.15) is 0 Å². The van der Waals surface area contributed by atoms with Gasteiger partial charge in [-0.1, -0.05) is 0 Å². The maximum Gasteiger partial charge on any atom is 0.315 e. The van der Waals surface area contributed by atoms with Gasteiger partial charge in [-0.05, 0) is 20.8 Å². The molecule has 0 aliphatic heterocycles. The maximum absolute atomic E-state index is 11.8. The Balaban J connectivity index is 4.51. The fourth-order valence-corrected chi connectivity index (χ4v) is 1.34. The van der Waals surface area contributed by atoms with Crippen LogP contribution >= 0.6 is 0 Å². The summed E-state index contributed by atoms with van der Waals surface area (Å²) in [6.07, 6.45) is -0.260. The second-order valence-electron chi connectivity index (χ2n) is 4.50. The van der Waals surface area contributed by atoms with Crippen LogP contribution in [0.3, 0.4) is 0 Å². The zero-order valence-electron chi connectivity index (χ0n) is 11.6. The molecule has 0 atom stereocenters. The molecule has 0 unspecified atom stereocenters. The first-order valence-electron chi connectivity index (χ1n) is 5.73. The van der Waals surface area contributed by atoms with Crippen LogP contribution in [-0.2, 0) is 23.9 Å². The molecule has 1 amide bonds. The van der Waals surface area contributed by atoms with Crippen molar-refractivity contribution >= 4 is 17.8 Å². The molecule has 0 aliphatic carbocycles. The lowest BCUT2D eigenvalue weighted by molar-refractivity contribution is -0.150. The lowest BCUT2D eigenvalue weighted by atomic mass is 9.98.